The van der Waals surface area contributed by atoms with Crippen molar-refractivity contribution >= 4 is 11.6 Å². The van der Waals surface area contributed by atoms with Gasteiger partial charge in [0.15, 0.2) is 0 Å². The maximum absolute atomic E-state index is 12.8. The second kappa shape index (κ2) is 6.64. The highest BCUT2D eigenvalue weighted by Crippen LogP contribution is 2.25. The molecule has 1 amide bonds. The molecule has 1 aliphatic carbocycles. The third-order valence-corrected chi connectivity index (χ3v) is 3.95. The molecule has 0 radical (unpaired) electrons. The monoisotopic (exact) mass is 275 g/mol. The molecular weight excluding hydrogens is 250 g/mol. The first-order valence-corrected chi connectivity index (χ1v) is 7.54. The van der Waals surface area contributed by atoms with Crippen LogP contribution in [0.4, 0.5) is 5.69 Å². The number of amides is 1. The molecule has 2 N–H and O–H groups in total. The van der Waals surface area contributed by atoms with Crippen LogP contribution in [0, 0.1) is 0 Å². The van der Waals surface area contributed by atoms with Crippen LogP contribution in [0.3, 0.4) is 0 Å². The van der Waals surface area contributed by atoms with E-state index in [-0.39, 0.29) is 5.91 Å². The van der Waals surface area contributed by atoms with Gasteiger partial charge >= 0.3 is 0 Å². The molecule has 2 rings (SSSR count). The van der Waals surface area contributed by atoms with Crippen LogP contribution in [-0.2, 0) is 6.54 Å². The highest BCUT2D eigenvalue weighted by molar-refractivity contribution is 5.94. The molecule has 1 fully saturated rings. The summed E-state index contributed by atoms with van der Waals surface area (Å²) in [6, 6.07) is 2.15. The average Bonchev–Trinajstić information content (AvgIpc) is 3.05. The first-order valence-electron chi connectivity index (χ1n) is 7.54. The first-order chi connectivity index (χ1) is 9.67. The lowest BCUT2D eigenvalue weighted by atomic mass is 10.2. The van der Waals surface area contributed by atoms with Crippen LogP contribution >= 0.6 is 0 Å². The normalized spacial score (nSPS) is 15.4. The second-order valence-electron chi connectivity index (χ2n) is 5.54. The Balaban J connectivity index is 2.24. The maximum atomic E-state index is 12.8. The van der Waals surface area contributed by atoms with Crippen LogP contribution in [0.15, 0.2) is 24.9 Å². The molecular formula is C16H25N3O. The average molecular weight is 275 g/mol. The van der Waals surface area contributed by atoms with Crippen LogP contribution < -0.4 is 5.73 Å². The number of rotatable bonds is 6. The van der Waals surface area contributed by atoms with Gasteiger partial charge in [-0.15, -0.1) is 6.58 Å². The fraction of sp³-hybridized carbons (Fsp3) is 0.562. The molecule has 0 bridgehead atoms. The third kappa shape index (κ3) is 3.06. The summed E-state index contributed by atoms with van der Waals surface area (Å²) in [5, 5.41) is 0. The first kappa shape index (κ1) is 14.7. The van der Waals surface area contributed by atoms with Gasteiger partial charge in [0, 0.05) is 25.3 Å². The molecule has 1 saturated carbocycles. The largest absolute Gasteiger partial charge is 0.397 e. The Hall–Kier alpha value is -1.71. The lowest BCUT2D eigenvalue weighted by molar-refractivity contribution is 0.0695. The zero-order valence-corrected chi connectivity index (χ0v) is 12.3. The van der Waals surface area contributed by atoms with Gasteiger partial charge in [0.05, 0.1) is 5.69 Å². The van der Waals surface area contributed by atoms with E-state index >= 15 is 0 Å². The number of hydrogen-bond donors (Lipinski definition) is 1. The van der Waals surface area contributed by atoms with Crippen LogP contribution in [0.5, 0.6) is 0 Å². The molecule has 4 heteroatoms. The predicted octanol–water partition coefficient (Wildman–Crippen LogP) is 3.05. The molecule has 110 valence electrons. The number of nitrogens with zero attached hydrogens (tertiary/aromatic N) is 2. The number of anilines is 1. The Bertz CT molecular complexity index is 472. The predicted molar refractivity (Wildman–Crippen MR) is 82.6 cm³/mol. The van der Waals surface area contributed by atoms with E-state index < -0.39 is 0 Å². The van der Waals surface area contributed by atoms with E-state index in [0.717, 1.165) is 25.8 Å². The number of nitrogen functional groups attached to an aromatic ring is 1. The molecule has 0 aliphatic heterocycles. The van der Waals surface area contributed by atoms with Crippen molar-refractivity contribution in [3.05, 3.63) is 30.6 Å². The molecule has 4 nitrogen and oxygen atoms in total. The van der Waals surface area contributed by atoms with Gasteiger partial charge in [-0.1, -0.05) is 25.8 Å². The van der Waals surface area contributed by atoms with Crippen molar-refractivity contribution in [3.63, 3.8) is 0 Å². The summed E-state index contributed by atoms with van der Waals surface area (Å²) in [7, 11) is 0. The number of aromatic nitrogens is 1. The van der Waals surface area contributed by atoms with E-state index in [1.807, 2.05) is 21.7 Å². The topological polar surface area (TPSA) is 51.3 Å². The van der Waals surface area contributed by atoms with Gasteiger partial charge in [-0.05, 0) is 25.3 Å². The number of aryl methyl sites for hydroxylation is 1. The van der Waals surface area contributed by atoms with Gasteiger partial charge in [-0.3, -0.25) is 4.79 Å². The van der Waals surface area contributed by atoms with Gasteiger partial charge in [0.2, 0.25) is 0 Å². The minimum absolute atomic E-state index is 0.0851. The van der Waals surface area contributed by atoms with Gasteiger partial charge in [-0.25, -0.2) is 0 Å². The highest BCUT2D eigenvalue weighted by Gasteiger charge is 2.28. The molecule has 0 unspecified atom stereocenters. The molecule has 1 heterocycles. The van der Waals surface area contributed by atoms with Crippen molar-refractivity contribution in [1.29, 1.82) is 0 Å². The van der Waals surface area contributed by atoms with Crippen LogP contribution in [0.2, 0.25) is 0 Å². The fourth-order valence-corrected chi connectivity index (χ4v) is 3.04. The molecule has 20 heavy (non-hydrogen) atoms. The summed E-state index contributed by atoms with van der Waals surface area (Å²) in [6.45, 7) is 7.32. The molecule has 1 aromatic rings. The van der Waals surface area contributed by atoms with Crippen LogP contribution in [-0.4, -0.2) is 28.0 Å². The van der Waals surface area contributed by atoms with E-state index in [4.69, 9.17) is 5.73 Å². The van der Waals surface area contributed by atoms with Crippen LogP contribution in [0.1, 0.15) is 49.5 Å². The molecule has 1 aliphatic rings. The van der Waals surface area contributed by atoms with Gasteiger partial charge in [-0.2, -0.15) is 0 Å². The number of carbonyl (C=O) groups excluding carboxylic acids is 1. The van der Waals surface area contributed by atoms with E-state index in [2.05, 4.69) is 13.5 Å². The quantitative estimate of drug-likeness (QED) is 0.811. The third-order valence-electron chi connectivity index (χ3n) is 3.95. The fourth-order valence-electron chi connectivity index (χ4n) is 3.04. The highest BCUT2D eigenvalue weighted by atomic mass is 16.2. The van der Waals surface area contributed by atoms with Crippen LogP contribution in [0.25, 0.3) is 0 Å². The standard InChI is InChI=1S/C16H25N3O/c1-3-9-18-12-13(17)11-15(18)16(20)19(10-4-2)14-7-5-6-8-14/h4,11-12,14H,2-3,5-10,17H2,1H3. The SMILES string of the molecule is C=CCN(C(=O)c1cc(N)cn1CCC)C1CCCC1. The summed E-state index contributed by atoms with van der Waals surface area (Å²) in [4.78, 5) is 14.8. The van der Waals surface area contributed by atoms with E-state index in [9.17, 15) is 4.79 Å². The molecule has 1 aromatic heterocycles. The summed E-state index contributed by atoms with van der Waals surface area (Å²) < 4.78 is 1.97. The maximum Gasteiger partial charge on any atom is 0.271 e. The smallest absolute Gasteiger partial charge is 0.271 e. The summed E-state index contributed by atoms with van der Waals surface area (Å²) >= 11 is 0. The Labute approximate surface area is 121 Å². The minimum Gasteiger partial charge on any atom is -0.397 e. The zero-order valence-electron chi connectivity index (χ0n) is 12.3. The van der Waals surface area contributed by atoms with Gasteiger partial charge < -0.3 is 15.2 Å². The number of nitrogens with two attached hydrogens (primary N) is 1. The van der Waals surface area contributed by atoms with E-state index in [1.165, 1.54) is 12.8 Å². The zero-order chi connectivity index (χ0) is 14.5. The van der Waals surface area contributed by atoms with Crippen molar-refractivity contribution in [2.24, 2.45) is 0 Å². The van der Waals surface area contributed by atoms with Crippen molar-refractivity contribution in [3.8, 4) is 0 Å². The van der Waals surface area contributed by atoms with Crippen molar-refractivity contribution < 1.29 is 4.79 Å². The summed E-state index contributed by atoms with van der Waals surface area (Å²) in [5.41, 5.74) is 7.23. The Kier molecular flexibility index (Phi) is 4.88. The Morgan fingerprint density at radius 1 is 1.55 bits per heavy atom. The Morgan fingerprint density at radius 3 is 2.85 bits per heavy atom. The van der Waals surface area contributed by atoms with E-state index in [1.54, 1.807) is 6.07 Å². The number of hydrogen-bond acceptors (Lipinski definition) is 2. The van der Waals surface area contributed by atoms with E-state index in [0.29, 0.717) is 24.0 Å². The molecule has 0 atom stereocenters. The Morgan fingerprint density at radius 2 is 2.25 bits per heavy atom. The lowest BCUT2D eigenvalue weighted by Crippen LogP contribution is -2.39. The minimum atomic E-state index is 0.0851. The molecule has 0 saturated heterocycles. The van der Waals surface area contributed by atoms with Gasteiger partial charge in [0.1, 0.15) is 5.69 Å². The van der Waals surface area contributed by atoms with Gasteiger partial charge in [0.25, 0.3) is 5.91 Å². The lowest BCUT2D eigenvalue weighted by Gasteiger charge is -2.28. The van der Waals surface area contributed by atoms with Crippen molar-refractivity contribution in [1.82, 2.24) is 9.47 Å². The summed E-state index contributed by atoms with van der Waals surface area (Å²) in [5.74, 6) is 0.0851. The van der Waals surface area contributed by atoms with Crippen molar-refractivity contribution in [2.75, 3.05) is 12.3 Å². The number of carbonyl (C=O) groups is 1. The molecule has 0 spiro atoms. The summed E-state index contributed by atoms with van der Waals surface area (Å²) in [6.07, 6.45) is 9.28. The van der Waals surface area contributed by atoms with Crippen molar-refractivity contribution in [2.45, 2.75) is 51.6 Å². The molecule has 0 aromatic carbocycles. The second-order valence-corrected chi connectivity index (χ2v) is 5.54.